The SMILES string of the molecule is CN1C(=S)SC(C)(/[N+]([O-])=C/c2cccc([N+](=O)[O-])c2)C1(C)C. The molecule has 0 aromatic heterocycles. The number of rotatable bonds is 3. The first-order valence-corrected chi connectivity index (χ1v) is 7.84. The maximum atomic E-state index is 12.7. The zero-order valence-electron chi connectivity index (χ0n) is 12.8. The molecule has 1 aliphatic rings. The molecule has 8 heteroatoms. The quantitative estimate of drug-likeness (QED) is 0.210. The standard InChI is InChI=1S/C14H17N3O3S2/c1-13(2)14(3,22-12(21)15(13)4)16(18)9-10-6-5-7-11(8-10)17(19)20/h5-9H,1-4H3/b16-9-. The van der Waals surface area contributed by atoms with Crippen molar-refractivity contribution in [3.63, 3.8) is 0 Å². The van der Waals surface area contributed by atoms with Crippen molar-refractivity contribution in [3.05, 3.63) is 45.2 Å². The maximum Gasteiger partial charge on any atom is 0.270 e. The number of non-ortho nitro benzene ring substituents is 1. The summed E-state index contributed by atoms with van der Waals surface area (Å²) in [6.07, 6.45) is 1.38. The van der Waals surface area contributed by atoms with Gasteiger partial charge in [-0.05, 0) is 31.7 Å². The zero-order valence-corrected chi connectivity index (χ0v) is 14.4. The normalized spacial score (nSPS) is 24.6. The van der Waals surface area contributed by atoms with Crippen molar-refractivity contribution in [2.45, 2.75) is 31.2 Å². The molecule has 1 heterocycles. The van der Waals surface area contributed by atoms with E-state index in [1.54, 1.807) is 12.1 Å². The lowest BCUT2D eigenvalue weighted by Crippen LogP contribution is -2.55. The van der Waals surface area contributed by atoms with Crippen molar-refractivity contribution in [2.24, 2.45) is 0 Å². The predicted octanol–water partition coefficient (Wildman–Crippen LogP) is 2.98. The van der Waals surface area contributed by atoms with Crippen molar-refractivity contribution < 1.29 is 9.66 Å². The number of hydrogen-bond donors (Lipinski definition) is 0. The van der Waals surface area contributed by atoms with Gasteiger partial charge in [0.2, 0.25) is 4.87 Å². The Kier molecular flexibility index (Phi) is 4.18. The Morgan fingerprint density at radius 2 is 1.95 bits per heavy atom. The van der Waals surface area contributed by atoms with Gasteiger partial charge in [-0.1, -0.05) is 18.3 Å². The van der Waals surface area contributed by atoms with Crippen molar-refractivity contribution in [3.8, 4) is 0 Å². The van der Waals surface area contributed by atoms with Gasteiger partial charge in [-0.3, -0.25) is 10.1 Å². The molecule has 1 unspecified atom stereocenters. The average molecular weight is 339 g/mol. The van der Waals surface area contributed by atoms with Crippen molar-refractivity contribution in [2.75, 3.05) is 7.05 Å². The van der Waals surface area contributed by atoms with E-state index in [4.69, 9.17) is 12.2 Å². The molecule has 1 atom stereocenters. The van der Waals surface area contributed by atoms with Crippen LogP contribution in [-0.2, 0) is 0 Å². The number of nitro benzene ring substituents is 1. The lowest BCUT2D eigenvalue weighted by Gasteiger charge is -2.37. The average Bonchev–Trinajstić information content (AvgIpc) is 2.60. The molecule has 0 amide bonds. The van der Waals surface area contributed by atoms with Crippen molar-refractivity contribution in [1.29, 1.82) is 0 Å². The minimum absolute atomic E-state index is 0.0433. The molecule has 2 rings (SSSR count). The van der Waals surface area contributed by atoms with Crippen LogP contribution in [0.3, 0.4) is 0 Å². The third-order valence-corrected chi connectivity index (χ3v) is 6.35. The van der Waals surface area contributed by atoms with Gasteiger partial charge in [0.05, 0.1) is 4.92 Å². The second-order valence-electron chi connectivity index (χ2n) is 5.78. The first kappa shape index (κ1) is 16.7. The molecule has 1 aliphatic heterocycles. The summed E-state index contributed by atoms with van der Waals surface area (Å²) in [5.41, 5.74) is -0.0335. The highest BCUT2D eigenvalue weighted by molar-refractivity contribution is 8.24. The van der Waals surface area contributed by atoms with Crippen LogP contribution in [0.1, 0.15) is 26.3 Å². The fourth-order valence-electron chi connectivity index (χ4n) is 2.19. The van der Waals surface area contributed by atoms with Gasteiger partial charge in [0.15, 0.2) is 6.21 Å². The minimum atomic E-state index is -0.816. The third-order valence-electron chi connectivity index (χ3n) is 4.30. The van der Waals surface area contributed by atoms with E-state index in [1.807, 2.05) is 32.7 Å². The van der Waals surface area contributed by atoms with Crippen LogP contribution in [0.25, 0.3) is 0 Å². The molecule has 1 fully saturated rings. The van der Waals surface area contributed by atoms with E-state index >= 15 is 0 Å². The van der Waals surface area contributed by atoms with E-state index in [1.165, 1.54) is 30.1 Å². The summed E-state index contributed by atoms with van der Waals surface area (Å²) in [4.78, 5) is 11.4. The van der Waals surface area contributed by atoms with Crippen molar-refractivity contribution in [1.82, 2.24) is 4.90 Å². The summed E-state index contributed by atoms with van der Waals surface area (Å²) in [5.74, 6) is 0. The van der Waals surface area contributed by atoms with Crippen LogP contribution in [0.4, 0.5) is 5.69 Å². The molecule has 22 heavy (non-hydrogen) atoms. The summed E-state index contributed by atoms with van der Waals surface area (Å²) >= 11 is 6.63. The Labute approximate surface area is 138 Å². The fourth-order valence-corrected chi connectivity index (χ4v) is 4.14. The lowest BCUT2D eigenvalue weighted by atomic mass is 9.94. The molecular weight excluding hydrogens is 322 g/mol. The van der Waals surface area contributed by atoms with Crippen LogP contribution < -0.4 is 0 Å². The second kappa shape index (κ2) is 5.51. The fraction of sp³-hybridized carbons (Fsp3) is 0.429. The van der Waals surface area contributed by atoms with Gasteiger partial charge in [0, 0.05) is 31.7 Å². The molecular formula is C14H17N3O3S2. The van der Waals surface area contributed by atoms with Crippen LogP contribution in [0.5, 0.6) is 0 Å². The van der Waals surface area contributed by atoms with Gasteiger partial charge in [0.25, 0.3) is 5.69 Å². The second-order valence-corrected chi connectivity index (χ2v) is 7.81. The molecule has 0 aliphatic carbocycles. The first-order chi connectivity index (χ1) is 10.1. The van der Waals surface area contributed by atoms with E-state index in [-0.39, 0.29) is 5.69 Å². The summed E-state index contributed by atoms with van der Waals surface area (Å²) in [7, 11) is 1.86. The van der Waals surface area contributed by atoms with Crippen LogP contribution in [0.2, 0.25) is 0 Å². The Bertz CT molecular complexity index is 675. The molecule has 0 bridgehead atoms. The van der Waals surface area contributed by atoms with Gasteiger partial charge < -0.3 is 10.1 Å². The Morgan fingerprint density at radius 1 is 1.32 bits per heavy atom. The number of hydrogen-bond acceptors (Lipinski definition) is 5. The predicted molar refractivity (Wildman–Crippen MR) is 92.3 cm³/mol. The number of benzene rings is 1. The molecule has 0 saturated carbocycles. The number of nitrogens with zero attached hydrogens (tertiary/aromatic N) is 3. The van der Waals surface area contributed by atoms with E-state index in [2.05, 4.69) is 0 Å². The van der Waals surface area contributed by atoms with Crippen LogP contribution in [0.15, 0.2) is 24.3 Å². The summed E-state index contributed by atoms with van der Waals surface area (Å²) in [6, 6.07) is 5.99. The smallest absolute Gasteiger partial charge is 0.270 e. The van der Waals surface area contributed by atoms with E-state index in [0.29, 0.717) is 9.88 Å². The van der Waals surface area contributed by atoms with Crippen LogP contribution in [-0.4, -0.2) is 42.6 Å². The topological polar surface area (TPSA) is 72.5 Å². The number of thiocarbonyl (C=S) groups is 1. The number of hydroxylamine groups is 1. The lowest BCUT2D eigenvalue weighted by molar-refractivity contribution is -0.522. The highest BCUT2D eigenvalue weighted by Crippen LogP contribution is 2.48. The largest absolute Gasteiger partial charge is 0.623 e. The Hall–Kier alpha value is -1.67. The van der Waals surface area contributed by atoms with Crippen LogP contribution >= 0.6 is 24.0 Å². The van der Waals surface area contributed by atoms with E-state index < -0.39 is 15.3 Å². The molecule has 118 valence electrons. The van der Waals surface area contributed by atoms with Gasteiger partial charge >= 0.3 is 0 Å². The number of thioether (sulfide) groups is 1. The van der Waals surface area contributed by atoms with Gasteiger partial charge in [0.1, 0.15) is 9.86 Å². The van der Waals surface area contributed by atoms with Gasteiger partial charge in [-0.25, -0.2) is 0 Å². The van der Waals surface area contributed by atoms with Crippen LogP contribution in [0, 0.1) is 15.3 Å². The minimum Gasteiger partial charge on any atom is -0.623 e. The molecule has 0 spiro atoms. The summed E-state index contributed by atoms with van der Waals surface area (Å²) in [6.45, 7) is 5.73. The van der Waals surface area contributed by atoms with E-state index in [0.717, 1.165) is 4.74 Å². The number of nitro groups is 1. The highest BCUT2D eigenvalue weighted by Gasteiger charge is 2.59. The highest BCUT2D eigenvalue weighted by atomic mass is 32.2. The third kappa shape index (κ3) is 2.56. The Morgan fingerprint density at radius 3 is 2.45 bits per heavy atom. The molecule has 0 radical (unpaired) electrons. The molecule has 6 nitrogen and oxygen atoms in total. The Balaban J connectivity index is 2.43. The molecule has 1 aromatic carbocycles. The molecule has 1 aromatic rings. The first-order valence-electron chi connectivity index (χ1n) is 6.62. The maximum absolute atomic E-state index is 12.7. The molecule has 0 N–H and O–H groups in total. The van der Waals surface area contributed by atoms with Gasteiger partial charge in [-0.15, -0.1) is 0 Å². The summed E-state index contributed by atoms with van der Waals surface area (Å²) in [5, 5.41) is 23.5. The van der Waals surface area contributed by atoms with E-state index in [9.17, 15) is 15.3 Å². The molecule has 1 saturated heterocycles. The van der Waals surface area contributed by atoms with Gasteiger partial charge in [-0.2, -0.15) is 4.74 Å². The zero-order chi connectivity index (χ0) is 16.7. The van der Waals surface area contributed by atoms with Crippen molar-refractivity contribution >= 4 is 40.2 Å². The number of likely N-dealkylation sites (N-methyl/N-ethyl adjacent to an activating group) is 1. The monoisotopic (exact) mass is 339 g/mol. The summed E-state index contributed by atoms with van der Waals surface area (Å²) < 4.78 is 1.49.